The number of carbonyl (C=O) groups excluding carboxylic acids is 2. The van der Waals surface area contributed by atoms with Crippen molar-refractivity contribution in [3.8, 4) is 5.75 Å². The number of nitrogens with one attached hydrogen (secondary N) is 2. The molecule has 4 rings (SSSR count). The van der Waals surface area contributed by atoms with Gasteiger partial charge in [0, 0.05) is 15.7 Å². The van der Waals surface area contributed by atoms with Gasteiger partial charge in [-0.2, -0.15) is 0 Å². The summed E-state index contributed by atoms with van der Waals surface area (Å²) in [4.78, 5) is 25.7. The summed E-state index contributed by atoms with van der Waals surface area (Å²) in [5, 5.41) is 5.60. The van der Waals surface area contributed by atoms with Gasteiger partial charge in [-0.1, -0.05) is 72.8 Å². The maximum Gasteiger partial charge on any atom is 0.408 e. The van der Waals surface area contributed by atoms with Gasteiger partial charge < -0.3 is 20.1 Å². The van der Waals surface area contributed by atoms with Gasteiger partial charge in [-0.3, -0.25) is 4.79 Å². The van der Waals surface area contributed by atoms with Crippen LogP contribution in [0.3, 0.4) is 0 Å². The number of alkyl carbamates (subject to hydrolysis) is 1. The van der Waals surface area contributed by atoms with E-state index in [1.54, 1.807) is 0 Å². The highest BCUT2D eigenvalue weighted by Gasteiger charge is 2.22. The van der Waals surface area contributed by atoms with E-state index in [0.29, 0.717) is 12.3 Å². The SMILES string of the molecule is O=C(N[C@H](Cc1ccc(OCc2ccccc2)cc1)C(=O)Nc1ccc(I)cc1)OCc1ccccc1. The molecule has 0 heterocycles. The molecular formula is C30H27IN2O4. The van der Waals surface area contributed by atoms with Crippen LogP contribution in [0.2, 0.25) is 0 Å². The quantitative estimate of drug-likeness (QED) is 0.207. The second-order valence-electron chi connectivity index (χ2n) is 8.38. The lowest BCUT2D eigenvalue weighted by atomic mass is 10.0. The van der Waals surface area contributed by atoms with Crippen LogP contribution < -0.4 is 15.4 Å². The standard InChI is InChI=1S/C30H27IN2O4/c31-25-13-15-26(16-14-25)32-29(34)28(33-30(35)37-21-24-9-5-2-6-10-24)19-22-11-17-27(18-12-22)36-20-23-7-3-1-4-8-23/h1-18,28H,19-21H2,(H,32,34)(H,33,35)/t28-/m1/s1. The Morgan fingerprint density at radius 2 is 1.30 bits per heavy atom. The van der Waals surface area contributed by atoms with Crippen molar-refractivity contribution in [1.82, 2.24) is 5.32 Å². The number of anilines is 1. The van der Waals surface area contributed by atoms with Gasteiger partial charge in [0.2, 0.25) is 5.91 Å². The normalized spacial score (nSPS) is 11.3. The molecule has 4 aromatic rings. The van der Waals surface area contributed by atoms with Crippen molar-refractivity contribution in [3.05, 3.63) is 129 Å². The van der Waals surface area contributed by atoms with E-state index in [1.165, 1.54) is 0 Å². The minimum absolute atomic E-state index is 0.117. The zero-order valence-electron chi connectivity index (χ0n) is 20.1. The van der Waals surface area contributed by atoms with Gasteiger partial charge in [-0.15, -0.1) is 0 Å². The number of carbonyl (C=O) groups is 2. The number of amides is 2. The fourth-order valence-corrected chi connectivity index (χ4v) is 3.94. The van der Waals surface area contributed by atoms with Crippen LogP contribution in [0.25, 0.3) is 0 Å². The number of halogens is 1. The maximum absolute atomic E-state index is 13.1. The van der Waals surface area contributed by atoms with Crippen LogP contribution in [0, 0.1) is 3.57 Å². The van der Waals surface area contributed by atoms with Crippen molar-refractivity contribution in [3.63, 3.8) is 0 Å². The minimum Gasteiger partial charge on any atom is -0.489 e. The van der Waals surface area contributed by atoms with Gasteiger partial charge >= 0.3 is 6.09 Å². The van der Waals surface area contributed by atoms with Crippen LogP contribution in [0.1, 0.15) is 16.7 Å². The molecule has 188 valence electrons. The summed E-state index contributed by atoms with van der Waals surface area (Å²) in [5.74, 6) is 0.394. The lowest BCUT2D eigenvalue weighted by Crippen LogP contribution is -2.45. The van der Waals surface area contributed by atoms with Crippen LogP contribution in [0.4, 0.5) is 10.5 Å². The Morgan fingerprint density at radius 1 is 0.703 bits per heavy atom. The molecule has 1 atom stereocenters. The fourth-order valence-electron chi connectivity index (χ4n) is 3.58. The first-order valence-corrected chi connectivity index (χ1v) is 12.9. The first-order chi connectivity index (χ1) is 18.0. The van der Waals surface area contributed by atoms with Crippen molar-refractivity contribution < 1.29 is 19.1 Å². The molecule has 7 heteroatoms. The highest BCUT2D eigenvalue weighted by Crippen LogP contribution is 2.17. The van der Waals surface area contributed by atoms with E-state index in [-0.39, 0.29) is 18.9 Å². The average molecular weight is 606 g/mol. The molecule has 0 aliphatic heterocycles. The van der Waals surface area contributed by atoms with Crippen LogP contribution >= 0.6 is 22.6 Å². The van der Waals surface area contributed by atoms with E-state index in [4.69, 9.17) is 9.47 Å². The molecule has 0 spiro atoms. The predicted molar refractivity (Wildman–Crippen MR) is 152 cm³/mol. The average Bonchev–Trinajstić information content (AvgIpc) is 2.93. The summed E-state index contributed by atoms with van der Waals surface area (Å²) in [6, 6.07) is 33.4. The number of benzene rings is 4. The van der Waals surface area contributed by atoms with E-state index in [9.17, 15) is 9.59 Å². The number of hydrogen-bond acceptors (Lipinski definition) is 4. The lowest BCUT2D eigenvalue weighted by molar-refractivity contribution is -0.118. The van der Waals surface area contributed by atoms with Gasteiger partial charge in [0.1, 0.15) is 25.0 Å². The van der Waals surface area contributed by atoms with Gasteiger partial charge in [0.05, 0.1) is 0 Å². The van der Waals surface area contributed by atoms with Gasteiger partial charge in [-0.25, -0.2) is 4.79 Å². The first kappa shape index (κ1) is 26.2. The highest BCUT2D eigenvalue weighted by molar-refractivity contribution is 14.1. The molecule has 0 saturated carbocycles. The van der Waals surface area contributed by atoms with E-state index in [0.717, 1.165) is 26.0 Å². The smallest absolute Gasteiger partial charge is 0.408 e. The highest BCUT2D eigenvalue weighted by atomic mass is 127. The van der Waals surface area contributed by atoms with Crippen molar-refractivity contribution in [1.29, 1.82) is 0 Å². The molecule has 0 fully saturated rings. The van der Waals surface area contributed by atoms with Crippen LogP contribution in [0.15, 0.2) is 109 Å². The second kappa shape index (κ2) is 13.5. The van der Waals surface area contributed by atoms with Crippen molar-refractivity contribution in [2.75, 3.05) is 5.32 Å². The summed E-state index contributed by atoms with van der Waals surface area (Å²) in [6.07, 6.45) is -0.371. The molecule has 0 aliphatic carbocycles. The Kier molecular flexibility index (Phi) is 9.54. The number of ether oxygens (including phenoxy) is 2. The van der Waals surface area contributed by atoms with Crippen molar-refractivity contribution >= 4 is 40.3 Å². The Hall–Kier alpha value is -3.85. The molecule has 6 nitrogen and oxygen atoms in total. The van der Waals surface area contributed by atoms with E-state index >= 15 is 0 Å². The molecule has 0 saturated heterocycles. The summed E-state index contributed by atoms with van der Waals surface area (Å²) in [7, 11) is 0. The molecule has 4 aromatic carbocycles. The monoisotopic (exact) mass is 606 g/mol. The van der Waals surface area contributed by atoms with Gasteiger partial charge in [0.15, 0.2) is 0 Å². The van der Waals surface area contributed by atoms with E-state index in [1.807, 2.05) is 109 Å². The second-order valence-corrected chi connectivity index (χ2v) is 9.62. The topological polar surface area (TPSA) is 76.7 Å². The first-order valence-electron chi connectivity index (χ1n) is 11.8. The summed E-state index contributed by atoms with van der Waals surface area (Å²) >= 11 is 2.20. The third kappa shape index (κ3) is 8.64. The Bertz CT molecular complexity index is 1280. The third-order valence-corrected chi connectivity index (χ3v) is 6.26. The number of rotatable bonds is 10. The van der Waals surface area contributed by atoms with Crippen molar-refractivity contribution in [2.24, 2.45) is 0 Å². The zero-order chi connectivity index (χ0) is 25.9. The number of hydrogen-bond donors (Lipinski definition) is 2. The lowest BCUT2D eigenvalue weighted by Gasteiger charge is -2.19. The largest absolute Gasteiger partial charge is 0.489 e. The predicted octanol–water partition coefficient (Wildman–Crippen LogP) is 6.35. The Morgan fingerprint density at radius 3 is 1.92 bits per heavy atom. The maximum atomic E-state index is 13.1. The Balaban J connectivity index is 1.40. The molecule has 0 aromatic heterocycles. The van der Waals surface area contributed by atoms with Gasteiger partial charge in [-0.05, 0) is 75.7 Å². The van der Waals surface area contributed by atoms with E-state index in [2.05, 4.69) is 33.2 Å². The molecule has 0 radical (unpaired) electrons. The van der Waals surface area contributed by atoms with Crippen LogP contribution in [-0.4, -0.2) is 18.0 Å². The summed E-state index contributed by atoms with van der Waals surface area (Å²) in [6.45, 7) is 0.585. The molecule has 0 aliphatic rings. The Labute approximate surface area is 230 Å². The zero-order valence-corrected chi connectivity index (χ0v) is 22.3. The van der Waals surface area contributed by atoms with Crippen LogP contribution in [-0.2, 0) is 29.2 Å². The molecule has 0 bridgehead atoms. The van der Waals surface area contributed by atoms with E-state index < -0.39 is 12.1 Å². The van der Waals surface area contributed by atoms with Crippen LogP contribution in [0.5, 0.6) is 5.75 Å². The molecule has 37 heavy (non-hydrogen) atoms. The minimum atomic E-state index is -0.835. The summed E-state index contributed by atoms with van der Waals surface area (Å²) in [5.41, 5.74) is 3.47. The molecular weight excluding hydrogens is 579 g/mol. The summed E-state index contributed by atoms with van der Waals surface area (Å²) < 4.78 is 12.3. The molecule has 2 amide bonds. The fraction of sp³-hybridized carbons (Fsp3) is 0.133. The third-order valence-electron chi connectivity index (χ3n) is 5.54. The van der Waals surface area contributed by atoms with Crippen molar-refractivity contribution in [2.45, 2.75) is 25.7 Å². The van der Waals surface area contributed by atoms with Gasteiger partial charge in [0.25, 0.3) is 0 Å². The molecule has 0 unspecified atom stereocenters. The molecule has 2 N–H and O–H groups in total.